The van der Waals surface area contributed by atoms with Gasteiger partial charge >= 0.3 is 0 Å². The second-order valence-electron chi connectivity index (χ2n) is 10.8. The minimum absolute atomic E-state index is 0.0333. The zero-order valence-electron chi connectivity index (χ0n) is 22.2. The van der Waals surface area contributed by atoms with Gasteiger partial charge in [-0.3, -0.25) is 0 Å². The van der Waals surface area contributed by atoms with Crippen LogP contribution in [0.5, 0.6) is 5.75 Å². The maximum absolute atomic E-state index is 16.7. The van der Waals surface area contributed by atoms with Crippen LogP contribution in [0.1, 0.15) is 6.92 Å². The topological polar surface area (TPSA) is 91.0 Å². The number of likely N-dealkylation sites (N-methyl/N-ethyl adjacent to an activating group) is 1. The van der Waals surface area contributed by atoms with E-state index in [4.69, 9.17) is 32.0 Å². The normalized spacial score (nSPS) is 20.6. The molecule has 0 bridgehead atoms. The molecule has 0 aliphatic carbocycles. The number of halogens is 2. The molecule has 204 valence electrons. The Balaban J connectivity index is 1.58. The van der Waals surface area contributed by atoms with Crippen molar-refractivity contribution in [3.63, 3.8) is 0 Å². The molecular formula is C29H32ClFN6O2. The molecule has 10 heteroatoms. The van der Waals surface area contributed by atoms with Crippen molar-refractivity contribution >= 4 is 45.0 Å². The lowest BCUT2D eigenvalue weighted by molar-refractivity contribution is 0.129. The Bertz CT molecular complexity index is 1560. The first-order valence-electron chi connectivity index (χ1n) is 13.1. The lowest BCUT2D eigenvalue weighted by atomic mass is 9.96. The van der Waals surface area contributed by atoms with Crippen LogP contribution in [0.3, 0.4) is 0 Å². The number of phenols is 1. The monoisotopic (exact) mass is 550 g/mol. The molecule has 0 saturated carbocycles. The number of fused-ring (bicyclic) bond motifs is 2. The van der Waals surface area contributed by atoms with Crippen molar-refractivity contribution in [1.82, 2.24) is 14.9 Å². The molecule has 3 heterocycles. The van der Waals surface area contributed by atoms with Crippen molar-refractivity contribution < 1.29 is 14.2 Å². The highest BCUT2D eigenvalue weighted by Crippen LogP contribution is 2.43. The zero-order chi connectivity index (χ0) is 27.4. The number of anilines is 2. The molecule has 39 heavy (non-hydrogen) atoms. The van der Waals surface area contributed by atoms with Crippen molar-refractivity contribution in [2.24, 2.45) is 5.73 Å². The summed E-state index contributed by atoms with van der Waals surface area (Å²) in [4.78, 5) is 16.0. The maximum atomic E-state index is 16.7. The Morgan fingerprint density at radius 1 is 1.08 bits per heavy atom. The molecule has 2 atom stereocenters. The smallest absolute Gasteiger partial charge is 0.228 e. The van der Waals surface area contributed by atoms with E-state index in [1.165, 1.54) is 0 Å². The highest BCUT2D eigenvalue weighted by molar-refractivity contribution is 6.35. The van der Waals surface area contributed by atoms with Gasteiger partial charge in [0.15, 0.2) is 5.82 Å². The summed E-state index contributed by atoms with van der Waals surface area (Å²) in [5.74, 6) is 0.538. The Hall–Kier alpha value is -3.24. The van der Waals surface area contributed by atoms with Crippen LogP contribution in [0.4, 0.5) is 16.2 Å². The fraction of sp³-hybridized carbons (Fsp3) is 0.379. The van der Waals surface area contributed by atoms with Crippen LogP contribution in [0.15, 0.2) is 42.5 Å². The summed E-state index contributed by atoms with van der Waals surface area (Å²) in [5, 5.41) is 12.8. The molecule has 2 unspecified atom stereocenters. The summed E-state index contributed by atoms with van der Waals surface area (Å²) in [6.07, 6.45) is 0. The van der Waals surface area contributed by atoms with Gasteiger partial charge in [-0.25, -0.2) is 9.37 Å². The number of hydrogen-bond donors (Lipinski definition) is 2. The Morgan fingerprint density at radius 2 is 1.85 bits per heavy atom. The van der Waals surface area contributed by atoms with E-state index < -0.39 is 5.82 Å². The van der Waals surface area contributed by atoms with Crippen LogP contribution >= 0.6 is 11.6 Å². The third kappa shape index (κ3) is 4.63. The molecule has 0 spiro atoms. The first-order chi connectivity index (χ1) is 18.7. The number of benzene rings is 3. The van der Waals surface area contributed by atoms with Crippen LogP contribution in [0, 0.1) is 5.82 Å². The first-order valence-corrected chi connectivity index (χ1v) is 13.5. The van der Waals surface area contributed by atoms with Gasteiger partial charge in [0.05, 0.1) is 24.3 Å². The van der Waals surface area contributed by atoms with Gasteiger partial charge < -0.3 is 30.3 Å². The number of phenolic OH excluding ortho intramolecular Hbond substituents is 1. The van der Waals surface area contributed by atoms with Crippen molar-refractivity contribution in [3.8, 4) is 16.9 Å². The Kier molecular flexibility index (Phi) is 6.71. The highest BCUT2D eigenvalue weighted by Gasteiger charge is 2.33. The number of nitrogens with zero attached hydrogens (tertiary/aromatic N) is 5. The van der Waals surface area contributed by atoms with Crippen molar-refractivity contribution in [1.29, 1.82) is 0 Å². The van der Waals surface area contributed by atoms with E-state index in [0.29, 0.717) is 48.5 Å². The SMILES string of the molecule is CC1COCC(N)CN1c1nc(N2CC(N(C)C)C2)nc2c(F)c(-c3cc(O)cc4ccccc34)c(Cl)cc12. The van der Waals surface area contributed by atoms with Gasteiger partial charge in [-0.15, -0.1) is 0 Å². The standard InChI is InChI=1S/C29H32ClFN6O2/c1-16-14-39-15-18(32)11-37(16)28-23-10-24(30)25(22-9-20(38)8-17-6-4-5-7-21(17)22)26(31)27(23)33-29(34-28)36-12-19(13-36)35(2)3/h4-10,16,18-19,38H,11-15,32H2,1-3H3. The van der Waals surface area contributed by atoms with Gasteiger partial charge in [-0.2, -0.15) is 4.98 Å². The number of aromatic nitrogens is 2. The fourth-order valence-electron chi connectivity index (χ4n) is 5.48. The molecule has 0 amide bonds. The predicted molar refractivity (Wildman–Crippen MR) is 154 cm³/mol. The van der Waals surface area contributed by atoms with E-state index in [1.54, 1.807) is 18.2 Å². The van der Waals surface area contributed by atoms with E-state index in [1.807, 2.05) is 45.3 Å². The minimum Gasteiger partial charge on any atom is -0.508 e. The predicted octanol–water partition coefficient (Wildman–Crippen LogP) is 4.25. The van der Waals surface area contributed by atoms with Gasteiger partial charge in [-0.1, -0.05) is 35.9 Å². The molecule has 4 aromatic rings. The average molecular weight is 551 g/mol. The molecule has 3 aromatic carbocycles. The quantitative estimate of drug-likeness (QED) is 0.390. The van der Waals surface area contributed by atoms with Crippen molar-refractivity contribution in [2.75, 3.05) is 56.7 Å². The van der Waals surface area contributed by atoms with Gasteiger partial charge in [0.1, 0.15) is 17.1 Å². The molecule has 2 saturated heterocycles. The summed E-state index contributed by atoms with van der Waals surface area (Å²) in [6.45, 7) is 4.96. The average Bonchev–Trinajstić information content (AvgIpc) is 3.02. The molecule has 2 fully saturated rings. The first kappa shape index (κ1) is 26.0. The summed E-state index contributed by atoms with van der Waals surface area (Å²) < 4.78 is 22.5. The lowest BCUT2D eigenvalue weighted by Crippen LogP contribution is -2.58. The molecular weight excluding hydrogens is 519 g/mol. The third-order valence-electron chi connectivity index (χ3n) is 7.77. The number of nitrogens with two attached hydrogens (primary N) is 1. The van der Waals surface area contributed by atoms with Crippen LogP contribution < -0.4 is 15.5 Å². The molecule has 6 rings (SSSR count). The minimum atomic E-state index is -0.550. The van der Waals surface area contributed by atoms with E-state index in [0.717, 1.165) is 23.9 Å². The lowest BCUT2D eigenvalue weighted by Gasteiger charge is -2.43. The highest BCUT2D eigenvalue weighted by atomic mass is 35.5. The van der Waals surface area contributed by atoms with Crippen LogP contribution in [-0.4, -0.2) is 85.0 Å². The Labute approximate surface area is 231 Å². The number of aromatic hydroxyl groups is 1. The van der Waals surface area contributed by atoms with E-state index >= 15 is 4.39 Å². The number of ether oxygens (including phenoxy) is 1. The van der Waals surface area contributed by atoms with Crippen molar-refractivity contribution in [2.45, 2.75) is 25.0 Å². The van der Waals surface area contributed by atoms with Crippen LogP contribution in [0.2, 0.25) is 5.02 Å². The Morgan fingerprint density at radius 3 is 2.62 bits per heavy atom. The summed E-state index contributed by atoms with van der Waals surface area (Å²) in [6, 6.07) is 12.6. The van der Waals surface area contributed by atoms with Gasteiger partial charge in [-0.05, 0) is 55.6 Å². The molecule has 8 nitrogen and oxygen atoms in total. The van der Waals surface area contributed by atoms with Gasteiger partial charge in [0.25, 0.3) is 0 Å². The summed E-state index contributed by atoms with van der Waals surface area (Å²) in [7, 11) is 4.09. The number of rotatable bonds is 4. The van der Waals surface area contributed by atoms with Crippen LogP contribution in [-0.2, 0) is 4.74 Å². The maximum Gasteiger partial charge on any atom is 0.228 e. The summed E-state index contributed by atoms with van der Waals surface area (Å²) in [5.41, 5.74) is 7.22. The zero-order valence-corrected chi connectivity index (χ0v) is 23.0. The molecule has 0 radical (unpaired) electrons. The van der Waals surface area contributed by atoms with Crippen LogP contribution in [0.25, 0.3) is 32.8 Å². The van der Waals surface area contributed by atoms with E-state index in [9.17, 15) is 5.11 Å². The van der Waals surface area contributed by atoms with Gasteiger partial charge in [0.2, 0.25) is 5.95 Å². The molecule has 2 aliphatic rings. The largest absolute Gasteiger partial charge is 0.508 e. The van der Waals surface area contributed by atoms with Gasteiger partial charge in [0, 0.05) is 42.7 Å². The van der Waals surface area contributed by atoms with Crippen molar-refractivity contribution in [3.05, 3.63) is 53.3 Å². The third-order valence-corrected chi connectivity index (χ3v) is 8.07. The molecule has 2 aliphatic heterocycles. The molecule has 3 N–H and O–H groups in total. The number of hydrogen-bond acceptors (Lipinski definition) is 8. The molecule has 1 aromatic heterocycles. The fourth-order valence-corrected chi connectivity index (χ4v) is 5.78. The van der Waals surface area contributed by atoms with E-state index in [2.05, 4.69) is 14.7 Å². The van der Waals surface area contributed by atoms with E-state index in [-0.39, 0.29) is 33.9 Å². The second-order valence-corrected chi connectivity index (χ2v) is 11.2. The second kappa shape index (κ2) is 10.1. The summed E-state index contributed by atoms with van der Waals surface area (Å²) >= 11 is 6.84.